The lowest BCUT2D eigenvalue weighted by Crippen LogP contribution is -2.20. The summed E-state index contributed by atoms with van der Waals surface area (Å²) in [6, 6.07) is 0. The zero-order chi connectivity index (χ0) is 13.1. The predicted molar refractivity (Wildman–Crippen MR) is 79.2 cm³/mol. The zero-order valence-electron chi connectivity index (χ0n) is 11.1. The Labute approximate surface area is 123 Å². The lowest BCUT2D eigenvalue weighted by Gasteiger charge is -2.13. The Morgan fingerprint density at radius 2 is 2.28 bits per heavy atom. The van der Waals surface area contributed by atoms with Gasteiger partial charge in [-0.1, -0.05) is 0 Å². The number of nitrogens with zero attached hydrogens (tertiary/aromatic N) is 3. The van der Waals surface area contributed by atoms with Crippen molar-refractivity contribution in [2.24, 2.45) is 5.92 Å². The molecular weight excluding hydrogens is 314 g/mol. The molecule has 1 heterocycles. The first-order valence-electron chi connectivity index (χ1n) is 6.57. The van der Waals surface area contributed by atoms with Crippen LogP contribution < -0.4 is 0 Å². The minimum Gasteiger partial charge on any atom is -0.308 e. The molecule has 0 spiro atoms. The maximum Gasteiger partial charge on any atom is 0.0635 e. The normalized spacial score (nSPS) is 17.4. The van der Waals surface area contributed by atoms with E-state index in [4.69, 9.17) is 11.6 Å². The summed E-state index contributed by atoms with van der Waals surface area (Å²) in [6.45, 7) is 1.94. The summed E-state index contributed by atoms with van der Waals surface area (Å²) >= 11 is 9.96. The van der Waals surface area contributed by atoms with Gasteiger partial charge in [0.15, 0.2) is 0 Å². The first-order chi connectivity index (χ1) is 8.58. The highest BCUT2D eigenvalue weighted by Gasteiger charge is 2.29. The van der Waals surface area contributed by atoms with E-state index in [9.17, 15) is 0 Å². The van der Waals surface area contributed by atoms with E-state index in [1.807, 2.05) is 6.20 Å². The van der Waals surface area contributed by atoms with Crippen LogP contribution >= 0.6 is 27.5 Å². The molecule has 0 aromatic carbocycles. The smallest absolute Gasteiger partial charge is 0.0635 e. The summed E-state index contributed by atoms with van der Waals surface area (Å²) in [6.07, 6.45) is 6.59. The van der Waals surface area contributed by atoms with Gasteiger partial charge >= 0.3 is 0 Å². The Morgan fingerprint density at radius 1 is 1.56 bits per heavy atom. The van der Waals surface area contributed by atoms with E-state index >= 15 is 0 Å². The predicted octanol–water partition coefficient (Wildman–Crippen LogP) is 3.16. The second kappa shape index (κ2) is 6.40. The second-order valence-electron chi connectivity index (χ2n) is 5.36. The molecule has 18 heavy (non-hydrogen) atoms. The standard InChI is InChI=1S/C13H21BrClN3/c1-17(2)7-8-18-13(11(14)9-16-18)6-5-12(15)10-3-4-10/h9-10,12H,3-8H2,1-2H3. The third kappa shape index (κ3) is 3.97. The average Bonchev–Trinajstić information content (AvgIpc) is 3.10. The van der Waals surface area contributed by atoms with E-state index in [1.165, 1.54) is 18.5 Å². The third-order valence-corrected chi connectivity index (χ3v) is 4.68. The molecule has 1 atom stereocenters. The maximum atomic E-state index is 6.37. The third-order valence-electron chi connectivity index (χ3n) is 3.45. The quantitative estimate of drug-likeness (QED) is 0.714. The van der Waals surface area contributed by atoms with Gasteiger partial charge in [0.25, 0.3) is 0 Å². The van der Waals surface area contributed by atoms with Crippen molar-refractivity contribution in [3.63, 3.8) is 0 Å². The van der Waals surface area contributed by atoms with Gasteiger partial charge in [-0.3, -0.25) is 4.68 Å². The van der Waals surface area contributed by atoms with E-state index in [0.29, 0.717) is 5.38 Å². The number of hydrogen-bond acceptors (Lipinski definition) is 2. The van der Waals surface area contributed by atoms with Crippen molar-refractivity contribution in [1.29, 1.82) is 0 Å². The number of rotatable bonds is 7. The average molecular weight is 335 g/mol. The van der Waals surface area contributed by atoms with E-state index in [-0.39, 0.29) is 0 Å². The molecule has 0 saturated heterocycles. The molecular formula is C13H21BrClN3. The van der Waals surface area contributed by atoms with E-state index < -0.39 is 0 Å². The summed E-state index contributed by atoms with van der Waals surface area (Å²) in [5.41, 5.74) is 1.28. The van der Waals surface area contributed by atoms with Crippen LogP contribution in [0.3, 0.4) is 0 Å². The fourth-order valence-electron chi connectivity index (χ4n) is 2.09. The molecule has 0 radical (unpaired) electrons. The van der Waals surface area contributed by atoms with Crippen LogP contribution in [0.4, 0.5) is 0 Å². The van der Waals surface area contributed by atoms with Crippen LogP contribution in [-0.2, 0) is 13.0 Å². The van der Waals surface area contributed by atoms with Gasteiger partial charge in [0.2, 0.25) is 0 Å². The summed E-state index contributed by atoms with van der Waals surface area (Å²) in [4.78, 5) is 2.17. The van der Waals surface area contributed by atoms with Crippen molar-refractivity contribution < 1.29 is 0 Å². The van der Waals surface area contributed by atoms with Crippen LogP contribution in [-0.4, -0.2) is 40.7 Å². The minimum absolute atomic E-state index is 0.342. The lowest BCUT2D eigenvalue weighted by atomic mass is 10.1. The fourth-order valence-corrected chi connectivity index (χ4v) is 2.95. The SMILES string of the molecule is CN(C)CCn1ncc(Br)c1CCC(Cl)C1CC1. The molecule has 1 aromatic rings. The molecule has 0 bridgehead atoms. The molecule has 0 aliphatic heterocycles. The molecule has 5 heteroatoms. The second-order valence-corrected chi connectivity index (χ2v) is 6.77. The maximum absolute atomic E-state index is 6.37. The number of aromatic nitrogens is 2. The van der Waals surface area contributed by atoms with Gasteiger partial charge in [-0.2, -0.15) is 5.10 Å². The molecule has 1 saturated carbocycles. The van der Waals surface area contributed by atoms with Crippen LogP contribution in [0.1, 0.15) is 25.0 Å². The van der Waals surface area contributed by atoms with Crippen molar-refractivity contribution in [2.45, 2.75) is 37.6 Å². The van der Waals surface area contributed by atoms with Crippen molar-refractivity contribution in [2.75, 3.05) is 20.6 Å². The minimum atomic E-state index is 0.342. The number of alkyl halides is 1. The van der Waals surface area contributed by atoms with Gasteiger partial charge in [0, 0.05) is 11.9 Å². The number of halogens is 2. The number of likely N-dealkylation sites (N-methyl/N-ethyl adjacent to an activating group) is 1. The van der Waals surface area contributed by atoms with Crippen LogP contribution in [0.2, 0.25) is 0 Å². The molecule has 3 nitrogen and oxygen atoms in total. The van der Waals surface area contributed by atoms with Crippen LogP contribution in [0.25, 0.3) is 0 Å². The highest BCUT2D eigenvalue weighted by molar-refractivity contribution is 9.10. The van der Waals surface area contributed by atoms with Gasteiger partial charge in [0.05, 0.1) is 22.9 Å². The molecule has 2 rings (SSSR count). The molecule has 0 N–H and O–H groups in total. The molecule has 0 amide bonds. The fraction of sp³-hybridized carbons (Fsp3) is 0.769. The monoisotopic (exact) mass is 333 g/mol. The van der Waals surface area contributed by atoms with E-state index in [2.05, 4.69) is 44.7 Å². The molecule has 1 unspecified atom stereocenters. The summed E-state index contributed by atoms with van der Waals surface area (Å²) in [5, 5.41) is 4.77. The largest absolute Gasteiger partial charge is 0.308 e. The highest BCUT2D eigenvalue weighted by atomic mass is 79.9. The summed E-state index contributed by atoms with van der Waals surface area (Å²) in [5.74, 6) is 0.767. The summed E-state index contributed by atoms with van der Waals surface area (Å²) in [7, 11) is 4.17. The first-order valence-corrected chi connectivity index (χ1v) is 7.80. The summed E-state index contributed by atoms with van der Waals surface area (Å²) < 4.78 is 3.21. The van der Waals surface area contributed by atoms with E-state index in [0.717, 1.165) is 36.3 Å². The van der Waals surface area contributed by atoms with Gasteiger partial charge in [-0.05, 0) is 61.6 Å². The Morgan fingerprint density at radius 3 is 2.89 bits per heavy atom. The van der Waals surface area contributed by atoms with Crippen molar-refractivity contribution in [3.8, 4) is 0 Å². The van der Waals surface area contributed by atoms with Gasteiger partial charge in [-0.25, -0.2) is 0 Å². The van der Waals surface area contributed by atoms with E-state index in [1.54, 1.807) is 0 Å². The topological polar surface area (TPSA) is 21.1 Å². The molecule has 1 aliphatic carbocycles. The van der Waals surface area contributed by atoms with Gasteiger partial charge < -0.3 is 4.90 Å². The van der Waals surface area contributed by atoms with Crippen LogP contribution in [0, 0.1) is 5.92 Å². The van der Waals surface area contributed by atoms with Crippen LogP contribution in [0.15, 0.2) is 10.7 Å². The first kappa shape index (κ1) is 14.4. The van der Waals surface area contributed by atoms with Crippen LogP contribution in [0.5, 0.6) is 0 Å². The Kier molecular flexibility index (Phi) is 5.10. The van der Waals surface area contributed by atoms with Gasteiger partial charge in [0.1, 0.15) is 0 Å². The molecule has 1 aliphatic rings. The highest BCUT2D eigenvalue weighted by Crippen LogP contribution is 2.37. The molecule has 1 aromatic heterocycles. The Bertz CT molecular complexity index is 388. The van der Waals surface area contributed by atoms with Crippen molar-refractivity contribution >= 4 is 27.5 Å². The Hall–Kier alpha value is -0.0600. The van der Waals surface area contributed by atoms with Crippen molar-refractivity contribution in [1.82, 2.24) is 14.7 Å². The lowest BCUT2D eigenvalue weighted by molar-refractivity contribution is 0.368. The molecule has 102 valence electrons. The van der Waals surface area contributed by atoms with Gasteiger partial charge in [-0.15, -0.1) is 11.6 Å². The number of hydrogen-bond donors (Lipinski definition) is 0. The zero-order valence-corrected chi connectivity index (χ0v) is 13.4. The Balaban J connectivity index is 1.90. The van der Waals surface area contributed by atoms with Crippen molar-refractivity contribution in [3.05, 3.63) is 16.4 Å². The molecule has 1 fully saturated rings.